The van der Waals surface area contributed by atoms with Crippen LogP contribution in [0.15, 0.2) is 0 Å². The third-order valence-electron chi connectivity index (χ3n) is 6.05. The molecule has 0 aliphatic carbocycles. The summed E-state index contributed by atoms with van der Waals surface area (Å²) in [5, 5.41) is 9.68. The number of fused-ring (bicyclic) bond motifs is 1. The molecule has 2 heteroatoms. The minimum absolute atomic E-state index is 0.0369. The van der Waals surface area contributed by atoms with Gasteiger partial charge in [-0.05, 0) is 87.1 Å². The van der Waals surface area contributed by atoms with Gasteiger partial charge in [-0.1, -0.05) is 26.7 Å². The topological polar surface area (TPSA) is 29.5 Å². The van der Waals surface area contributed by atoms with Crippen LogP contribution in [-0.2, 0) is 13.0 Å². The van der Waals surface area contributed by atoms with Crippen LogP contribution >= 0.6 is 0 Å². The molecule has 1 heterocycles. The van der Waals surface area contributed by atoms with Crippen molar-refractivity contribution in [2.45, 2.75) is 92.3 Å². The van der Waals surface area contributed by atoms with Crippen molar-refractivity contribution < 1.29 is 9.84 Å². The lowest BCUT2D eigenvalue weighted by atomic mass is 9.83. The molecule has 0 aromatic heterocycles. The van der Waals surface area contributed by atoms with Gasteiger partial charge in [0.05, 0.1) is 6.61 Å². The molecule has 1 aliphatic rings. The number of benzene rings is 1. The van der Waals surface area contributed by atoms with E-state index in [9.17, 15) is 5.11 Å². The van der Waals surface area contributed by atoms with Gasteiger partial charge in [0.15, 0.2) is 0 Å². The second-order valence-electron chi connectivity index (χ2n) is 7.78. The highest BCUT2D eigenvalue weighted by Gasteiger charge is 2.34. The van der Waals surface area contributed by atoms with E-state index in [1.54, 1.807) is 0 Å². The lowest BCUT2D eigenvalue weighted by Gasteiger charge is -2.38. The summed E-state index contributed by atoms with van der Waals surface area (Å²) in [7, 11) is 0. The highest BCUT2D eigenvalue weighted by atomic mass is 16.5. The van der Waals surface area contributed by atoms with Crippen LogP contribution in [0.3, 0.4) is 0 Å². The zero-order chi connectivity index (χ0) is 17.2. The predicted molar refractivity (Wildman–Crippen MR) is 97.2 cm³/mol. The number of aliphatic hydroxyl groups excluding tert-OH is 1. The fraction of sp³-hybridized carbons (Fsp3) is 0.714. The van der Waals surface area contributed by atoms with Crippen LogP contribution in [0.25, 0.3) is 0 Å². The lowest BCUT2D eigenvalue weighted by Crippen LogP contribution is -2.37. The zero-order valence-electron chi connectivity index (χ0n) is 15.9. The Morgan fingerprint density at radius 1 is 1.17 bits per heavy atom. The highest BCUT2D eigenvalue weighted by Crippen LogP contribution is 2.42. The van der Waals surface area contributed by atoms with Crippen LogP contribution in [0.5, 0.6) is 5.75 Å². The van der Waals surface area contributed by atoms with Gasteiger partial charge in [0.25, 0.3) is 0 Å². The number of rotatable bonds is 6. The quantitative estimate of drug-likeness (QED) is 0.760. The summed E-state index contributed by atoms with van der Waals surface area (Å²) >= 11 is 0. The third kappa shape index (κ3) is 3.74. The van der Waals surface area contributed by atoms with Crippen LogP contribution in [0, 0.1) is 26.7 Å². The maximum atomic E-state index is 9.68. The van der Waals surface area contributed by atoms with Crippen molar-refractivity contribution in [1.29, 1.82) is 0 Å². The molecule has 0 saturated carbocycles. The van der Waals surface area contributed by atoms with Gasteiger partial charge in [-0.15, -0.1) is 0 Å². The summed E-state index contributed by atoms with van der Waals surface area (Å²) in [4.78, 5) is 0. The summed E-state index contributed by atoms with van der Waals surface area (Å²) in [6.45, 7) is 13.4. The van der Waals surface area contributed by atoms with Crippen molar-refractivity contribution in [2.24, 2.45) is 5.92 Å². The zero-order valence-corrected chi connectivity index (χ0v) is 15.9. The molecular formula is C21H34O2. The van der Waals surface area contributed by atoms with E-state index < -0.39 is 0 Å². The van der Waals surface area contributed by atoms with Gasteiger partial charge in [0, 0.05) is 0 Å². The average Bonchev–Trinajstić information content (AvgIpc) is 2.53. The second kappa shape index (κ2) is 7.25. The number of aliphatic hydroxyl groups is 1. The van der Waals surface area contributed by atoms with Crippen molar-refractivity contribution in [3.63, 3.8) is 0 Å². The first-order chi connectivity index (χ1) is 10.8. The first-order valence-corrected chi connectivity index (χ1v) is 9.24. The molecule has 23 heavy (non-hydrogen) atoms. The molecule has 0 spiro atoms. The monoisotopic (exact) mass is 318 g/mol. The van der Waals surface area contributed by atoms with E-state index >= 15 is 0 Å². The van der Waals surface area contributed by atoms with Gasteiger partial charge >= 0.3 is 0 Å². The van der Waals surface area contributed by atoms with E-state index in [1.807, 2.05) is 0 Å². The van der Waals surface area contributed by atoms with E-state index in [-0.39, 0.29) is 12.2 Å². The van der Waals surface area contributed by atoms with E-state index in [2.05, 4.69) is 41.5 Å². The molecule has 130 valence electrons. The molecule has 2 unspecified atom stereocenters. The molecule has 2 nitrogen and oxygen atoms in total. The maximum Gasteiger partial charge on any atom is 0.126 e. The van der Waals surface area contributed by atoms with Crippen LogP contribution < -0.4 is 4.74 Å². The molecule has 0 saturated heterocycles. The SMILES string of the molecule is CCC(C)CCCC1(C)CCc2c(C)c(CO)c(C)c(C)c2O1. The summed E-state index contributed by atoms with van der Waals surface area (Å²) in [6, 6.07) is 0. The van der Waals surface area contributed by atoms with Gasteiger partial charge in [-0.25, -0.2) is 0 Å². The molecule has 0 fully saturated rings. The summed E-state index contributed by atoms with van der Waals surface area (Å²) < 4.78 is 6.55. The maximum absolute atomic E-state index is 9.68. The Morgan fingerprint density at radius 2 is 1.87 bits per heavy atom. The van der Waals surface area contributed by atoms with Gasteiger partial charge in [-0.3, -0.25) is 0 Å². The van der Waals surface area contributed by atoms with Gasteiger partial charge in [0.1, 0.15) is 11.4 Å². The fourth-order valence-corrected chi connectivity index (χ4v) is 3.82. The molecular weight excluding hydrogens is 284 g/mol. The van der Waals surface area contributed by atoms with Crippen molar-refractivity contribution in [3.05, 3.63) is 27.8 Å². The predicted octanol–water partition coefficient (Wildman–Crippen LogP) is 5.40. The minimum atomic E-state index is -0.0369. The molecule has 1 aromatic rings. The molecule has 0 bridgehead atoms. The Morgan fingerprint density at radius 3 is 2.48 bits per heavy atom. The highest BCUT2D eigenvalue weighted by molar-refractivity contribution is 5.55. The largest absolute Gasteiger partial charge is 0.487 e. The molecule has 0 radical (unpaired) electrons. The van der Waals surface area contributed by atoms with Crippen LogP contribution in [0.1, 0.15) is 80.7 Å². The van der Waals surface area contributed by atoms with Crippen molar-refractivity contribution in [2.75, 3.05) is 0 Å². The summed E-state index contributed by atoms with van der Waals surface area (Å²) in [5.74, 6) is 1.90. The normalized spacial score (nSPS) is 21.7. The Balaban J connectivity index is 2.20. The Labute approximate surface area is 142 Å². The van der Waals surface area contributed by atoms with Gasteiger partial charge in [-0.2, -0.15) is 0 Å². The van der Waals surface area contributed by atoms with E-state index in [0.29, 0.717) is 0 Å². The van der Waals surface area contributed by atoms with Crippen molar-refractivity contribution in [1.82, 2.24) is 0 Å². The molecule has 1 aromatic carbocycles. The minimum Gasteiger partial charge on any atom is -0.487 e. The smallest absolute Gasteiger partial charge is 0.126 e. The van der Waals surface area contributed by atoms with Gasteiger partial charge in [0.2, 0.25) is 0 Å². The molecule has 2 rings (SSSR count). The average molecular weight is 319 g/mol. The lowest BCUT2D eigenvalue weighted by molar-refractivity contribution is 0.0513. The number of hydrogen-bond acceptors (Lipinski definition) is 2. The third-order valence-corrected chi connectivity index (χ3v) is 6.05. The summed E-state index contributed by atoms with van der Waals surface area (Å²) in [6.07, 6.45) is 7.08. The standard InChI is InChI=1S/C21H34O2/c1-7-14(2)9-8-11-21(6)12-10-18-17(5)19(13-22)15(3)16(4)20(18)23-21/h14,22H,7-13H2,1-6H3. The van der Waals surface area contributed by atoms with Crippen LogP contribution in [0.4, 0.5) is 0 Å². The van der Waals surface area contributed by atoms with Crippen LogP contribution in [0.2, 0.25) is 0 Å². The van der Waals surface area contributed by atoms with E-state index in [1.165, 1.54) is 41.5 Å². The van der Waals surface area contributed by atoms with Crippen molar-refractivity contribution in [3.8, 4) is 5.75 Å². The Hall–Kier alpha value is -1.02. The molecule has 1 N–H and O–H groups in total. The Kier molecular flexibility index (Phi) is 5.78. The van der Waals surface area contributed by atoms with Gasteiger partial charge < -0.3 is 9.84 Å². The molecule has 1 aliphatic heterocycles. The first kappa shape index (κ1) is 18.3. The van der Waals surface area contributed by atoms with Crippen molar-refractivity contribution >= 4 is 0 Å². The number of ether oxygens (including phenoxy) is 1. The molecule has 2 atom stereocenters. The number of hydrogen-bond donors (Lipinski definition) is 1. The fourth-order valence-electron chi connectivity index (χ4n) is 3.82. The van der Waals surface area contributed by atoms with E-state index in [0.717, 1.165) is 36.5 Å². The van der Waals surface area contributed by atoms with Crippen LogP contribution in [-0.4, -0.2) is 10.7 Å². The summed E-state index contributed by atoms with van der Waals surface area (Å²) in [5.41, 5.74) is 5.99. The second-order valence-corrected chi connectivity index (χ2v) is 7.78. The molecule has 0 amide bonds. The van der Waals surface area contributed by atoms with E-state index in [4.69, 9.17) is 4.74 Å². The Bertz CT molecular complexity index is 562. The first-order valence-electron chi connectivity index (χ1n) is 9.24.